The lowest BCUT2D eigenvalue weighted by Gasteiger charge is -2.09. The third-order valence-electron chi connectivity index (χ3n) is 3.38. The maximum atomic E-state index is 13.2. The standard InChI is InChI=1S/C16H16FN3O2/c17-12-3-1-2-10(6-12)11-7-14(21)16(18-8-11)19-9-15(22)20-13-4-5-13/h1-3,6-8,13,21H,4-5,9H2,(H,18,19)(H,20,22). The second-order valence-corrected chi connectivity index (χ2v) is 5.30. The van der Waals surface area contributed by atoms with Gasteiger partial charge in [0.15, 0.2) is 11.6 Å². The smallest absolute Gasteiger partial charge is 0.239 e. The molecule has 2 aromatic rings. The van der Waals surface area contributed by atoms with Gasteiger partial charge in [0.05, 0.1) is 6.54 Å². The van der Waals surface area contributed by atoms with Crippen molar-refractivity contribution in [2.75, 3.05) is 11.9 Å². The van der Waals surface area contributed by atoms with Crippen molar-refractivity contribution in [3.05, 3.63) is 42.3 Å². The minimum Gasteiger partial charge on any atom is -0.504 e. The van der Waals surface area contributed by atoms with Crippen LogP contribution < -0.4 is 10.6 Å². The fraction of sp³-hybridized carbons (Fsp3) is 0.250. The number of aromatic nitrogens is 1. The van der Waals surface area contributed by atoms with Crippen LogP contribution in [0.1, 0.15) is 12.8 Å². The van der Waals surface area contributed by atoms with E-state index >= 15 is 0 Å². The lowest BCUT2D eigenvalue weighted by molar-refractivity contribution is -0.119. The first-order valence-corrected chi connectivity index (χ1v) is 7.10. The third kappa shape index (κ3) is 3.52. The maximum Gasteiger partial charge on any atom is 0.239 e. The van der Waals surface area contributed by atoms with E-state index in [4.69, 9.17) is 0 Å². The summed E-state index contributed by atoms with van der Waals surface area (Å²) in [6.07, 6.45) is 3.57. The lowest BCUT2D eigenvalue weighted by Crippen LogP contribution is -2.31. The number of amides is 1. The van der Waals surface area contributed by atoms with Crippen LogP contribution in [0.15, 0.2) is 36.5 Å². The number of aromatic hydroxyl groups is 1. The van der Waals surface area contributed by atoms with Gasteiger partial charge < -0.3 is 15.7 Å². The van der Waals surface area contributed by atoms with Crippen LogP contribution in [0.5, 0.6) is 5.75 Å². The molecule has 1 heterocycles. The minimum absolute atomic E-state index is 0.0520. The summed E-state index contributed by atoms with van der Waals surface area (Å²) in [5.74, 6) is -0.332. The van der Waals surface area contributed by atoms with Crippen LogP contribution in [0, 0.1) is 5.82 Å². The average molecular weight is 301 g/mol. The first-order chi connectivity index (χ1) is 10.6. The molecule has 0 spiro atoms. The van der Waals surface area contributed by atoms with Gasteiger partial charge in [-0.1, -0.05) is 12.1 Å². The van der Waals surface area contributed by atoms with E-state index in [9.17, 15) is 14.3 Å². The highest BCUT2D eigenvalue weighted by molar-refractivity contribution is 5.81. The minimum atomic E-state index is -0.351. The van der Waals surface area contributed by atoms with E-state index < -0.39 is 0 Å². The summed E-state index contributed by atoms with van der Waals surface area (Å²) in [5, 5.41) is 15.6. The van der Waals surface area contributed by atoms with Gasteiger partial charge >= 0.3 is 0 Å². The lowest BCUT2D eigenvalue weighted by atomic mass is 10.1. The van der Waals surface area contributed by atoms with E-state index in [0.717, 1.165) is 12.8 Å². The molecule has 1 aromatic carbocycles. The molecule has 6 heteroatoms. The van der Waals surface area contributed by atoms with Crippen LogP contribution in [0.2, 0.25) is 0 Å². The van der Waals surface area contributed by atoms with Gasteiger partial charge in [0, 0.05) is 17.8 Å². The zero-order valence-corrected chi connectivity index (χ0v) is 11.8. The Labute approximate surface area is 127 Å². The number of nitrogens with one attached hydrogen (secondary N) is 2. The third-order valence-corrected chi connectivity index (χ3v) is 3.38. The molecule has 1 fully saturated rings. The van der Waals surface area contributed by atoms with E-state index in [1.165, 1.54) is 24.4 Å². The Morgan fingerprint density at radius 1 is 1.32 bits per heavy atom. The summed E-state index contributed by atoms with van der Waals surface area (Å²) >= 11 is 0. The van der Waals surface area contributed by atoms with Crippen molar-refractivity contribution in [3.8, 4) is 16.9 Å². The number of pyridine rings is 1. The Kier molecular flexibility index (Phi) is 3.91. The number of benzene rings is 1. The molecule has 1 aromatic heterocycles. The molecular weight excluding hydrogens is 285 g/mol. The number of rotatable bonds is 5. The molecule has 5 nitrogen and oxygen atoms in total. The molecule has 22 heavy (non-hydrogen) atoms. The number of carbonyl (C=O) groups excluding carboxylic acids is 1. The Bertz CT molecular complexity index is 702. The second-order valence-electron chi connectivity index (χ2n) is 5.30. The highest BCUT2D eigenvalue weighted by Gasteiger charge is 2.23. The molecule has 0 bridgehead atoms. The summed E-state index contributed by atoms with van der Waals surface area (Å²) in [6, 6.07) is 7.83. The van der Waals surface area contributed by atoms with Crippen molar-refractivity contribution in [3.63, 3.8) is 0 Å². The molecular formula is C16H16FN3O2. The van der Waals surface area contributed by atoms with Gasteiger partial charge in [0.25, 0.3) is 0 Å². The second kappa shape index (κ2) is 6.01. The van der Waals surface area contributed by atoms with E-state index in [-0.39, 0.29) is 29.8 Å². The van der Waals surface area contributed by atoms with Crippen LogP contribution in [0.3, 0.4) is 0 Å². The fourth-order valence-electron chi connectivity index (χ4n) is 2.09. The number of halogens is 1. The van der Waals surface area contributed by atoms with E-state index in [1.54, 1.807) is 12.1 Å². The summed E-state index contributed by atoms with van der Waals surface area (Å²) in [4.78, 5) is 15.7. The van der Waals surface area contributed by atoms with Crippen LogP contribution in [-0.4, -0.2) is 28.6 Å². The molecule has 0 aliphatic heterocycles. The average Bonchev–Trinajstić information content (AvgIpc) is 3.30. The number of hydrogen-bond donors (Lipinski definition) is 3. The Morgan fingerprint density at radius 3 is 2.82 bits per heavy atom. The molecule has 1 amide bonds. The van der Waals surface area contributed by atoms with Gasteiger partial charge in [0.1, 0.15) is 5.82 Å². The Hall–Kier alpha value is -2.63. The monoisotopic (exact) mass is 301 g/mol. The molecule has 0 atom stereocenters. The topological polar surface area (TPSA) is 74.2 Å². The van der Waals surface area contributed by atoms with Gasteiger partial charge in [-0.25, -0.2) is 9.37 Å². The molecule has 3 N–H and O–H groups in total. The van der Waals surface area contributed by atoms with E-state index in [1.807, 2.05) is 0 Å². The van der Waals surface area contributed by atoms with Crippen molar-refractivity contribution in [1.29, 1.82) is 0 Å². The van der Waals surface area contributed by atoms with Gasteiger partial charge in [-0.15, -0.1) is 0 Å². The number of hydrogen-bond acceptors (Lipinski definition) is 4. The van der Waals surface area contributed by atoms with Crippen LogP contribution in [0.25, 0.3) is 11.1 Å². The first-order valence-electron chi connectivity index (χ1n) is 7.10. The number of anilines is 1. The summed E-state index contributed by atoms with van der Waals surface area (Å²) < 4.78 is 13.2. The van der Waals surface area contributed by atoms with Gasteiger partial charge in [-0.2, -0.15) is 0 Å². The zero-order valence-electron chi connectivity index (χ0n) is 11.8. The molecule has 1 aliphatic rings. The van der Waals surface area contributed by atoms with Gasteiger partial charge in [-0.3, -0.25) is 4.79 Å². The SMILES string of the molecule is O=C(CNc1ncc(-c2cccc(F)c2)cc1O)NC1CC1. The molecule has 114 valence electrons. The normalized spacial score (nSPS) is 13.7. The van der Waals surface area contributed by atoms with Crippen molar-refractivity contribution in [2.45, 2.75) is 18.9 Å². The van der Waals surface area contributed by atoms with Crippen molar-refractivity contribution < 1.29 is 14.3 Å². The Morgan fingerprint density at radius 2 is 2.14 bits per heavy atom. The van der Waals surface area contributed by atoms with E-state index in [2.05, 4.69) is 15.6 Å². The highest BCUT2D eigenvalue weighted by Crippen LogP contribution is 2.27. The highest BCUT2D eigenvalue weighted by atomic mass is 19.1. The summed E-state index contributed by atoms with van der Waals surface area (Å²) in [7, 11) is 0. The molecule has 1 saturated carbocycles. The first kappa shape index (κ1) is 14.3. The summed E-state index contributed by atoms with van der Waals surface area (Å²) in [5.41, 5.74) is 1.23. The zero-order chi connectivity index (χ0) is 15.5. The molecule has 0 radical (unpaired) electrons. The number of nitrogens with zero attached hydrogens (tertiary/aromatic N) is 1. The van der Waals surface area contributed by atoms with Crippen LogP contribution >= 0.6 is 0 Å². The largest absolute Gasteiger partial charge is 0.504 e. The van der Waals surface area contributed by atoms with E-state index in [0.29, 0.717) is 17.2 Å². The van der Waals surface area contributed by atoms with Gasteiger partial charge in [0.2, 0.25) is 5.91 Å². The van der Waals surface area contributed by atoms with Crippen LogP contribution in [-0.2, 0) is 4.79 Å². The maximum absolute atomic E-state index is 13.2. The predicted octanol–water partition coefficient (Wildman–Crippen LogP) is 2.28. The van der Waals surface area contributed by atoms with Crippen molar-refractivity contribution in [2.24, 2.45) is 0 Å². The van der Waals surface area contributed by atoms with Crippen molar-refractivity contribution >= 4 is 11.7 Å². The molecule has 0 unspecified atom stereocenters. The summed E-state index contributed by atoms with van der Waals surface area (Å²) in [6.45, 7) is 0.0520. The van der Waals surface area contributed by atoms with Crippen molar-refractivity contribution in [1.82, 2.24) is 10.3 Å². The number of carbonyl (C=O) groups is 1. The quantitative estimate of drug-likeness (QED) is 0.792. The van der Waals surface area contributed by atoms with Crippen LogP contribution in [0.4, 0.5) is 10.2 Å². The molecule has 3 rings (SSSR count). The molecule has 1 aliphatic carbocycles. The van der Waals surface area contributed by atoms with Gasteiger partial charge in [-0.05, 0) is 36.6 Å². The predicted molar refractivity (Wildman–Crippen MR) is 81.0 cm³/mol. The Balaban J connectivity index is 1.67. The fourth-order valence-corrected chi connectivity index (χ4v) is 2.09. The molecule has 0 saturated heterocycles.